The molecule has 0 aromatic rings. The third kappa shape index (κ3) is 9.54. The van der Waals surface area contributed by atoms with Crippen LogP contribution in [0.5, 0.6) is 0 Å². The van der Waals surface area contributed by atoms with Gasteiger partial charge in [0.15, 0.2) is 6.10 Å². The normalized spacial score (nSPS) is 11.2. The van der Waals surface area contributed by atoms with E-state index in [1.54, 1.807) is 0 Å². The van der Waals surface area contributed by atoms with Gasteiger partial charge in [-0.1, -0.05) is 25.2 Å². The predicted molar refractivity (Wildman–Crippen MR) is 62.9 cm³/mol. The molecule has 0 aliphatic rings. The molecule has 0 heterocycles. The van der Waals surface area contributed by atoms with Gasteiger partial charge in [-0.25, -0.2) is 0 Å². The van der Waals surface area contributed by atoms with E-state index in [2.05, 4.69) is 11.8 Å². The van der Waals surface area contributed by atoms with Crippen molar-refractivity contribution in [3.63, 3.8) is 0 Å². The van der Waals surface area contributed by atoms with Crippen molar-refractivity contribution in [1.82, 2.24) is 0 Å². The van der Waals surface area contributed by atoms with E-state index in [4.69, 9.17) is 16.3 Å². The van der Waals surface area contributed by atoms with E-state index in [1.807, 2.05) is 6.92 Å². The standard InChI is InChI=1S/C12H17ClO3/c1-3-7-11(16-10(2)14)8-5-4-6-9-12(13)15/h11H,3-4,6-7,9H2,1-2H3. The van der Waals surface area contributed by atoms with Crippen LogP contribution >= 0.6 is 11.6 Å². The first-order valence-corrected chi connectivity index (χ1v) is 5.78. The second kappa shape index (κ2) is 9.23. The highest BCUT2D eigenvalue weighted by molar-refractivity contribution is 6.63. The minimum Gasteiger partial charge on any atom is -0.449 e. The highest BCUT2D eigenvalue weighted by Gasteiger charge is 2.06. The van der Waals surface area contributed by atoms with E-state index >= 15 is 0 Å². The van der Waals surface area contributed by atoms with Crippen molar-refractivity contribution in [1.29, 1.82) is 0 Å². The van der Waals surface area contributed by atoms with Crippen LogP contribution in [0, 0.1) is 11.8 Å². The quantitative estimate of drug-likeness (QED) is 0.312. The van der Waals surface area contributed by atoms with Gasteiger partial charge in [0.25, 0.3) is 0 Å². The van der Waals surface area contributed by atoms with E-state index in [0.29, 0.717) is 19.3 Å². The van der Waals surface area contributed by atoms with Gasteiger partial charge in [0.2, 0.25) is 5.24 Å². The predicted octanol–water partition coefficient (Wildman–Crippen LogP) is 2.66. The van der Waals surface area contributed by atoms with Crippen LogP contribution in [0.2, 0.25) is 0 Å². The van der Waals surface area contributed by atoms with Gasteiger partial charge in [0.1, 0.15) is 0 Å². The summed E-state index contributed by atoms with van der Waals surface area (Å²) in [5.74, 6) is 5.46. The summed E-state index contributed by atoms with van der Waals surface area (Å²) in [6, 6.07) is 0. The van der Waals surface area contributed by atoms with Gasteiger partial charge >= 0.3 is 5.97 Å². The highest BCUT2D eigenvalue weighted by atomic mass is 35.5. The molecule has 0 bridgehead atoms. The van der Waals surface area contributed by atoms with E-state index in [-0.39, 0.29) is 17.3 Å². The maximum absolute atomic E-state index is 10.8. The third-order valence-electron chi connectivity index (χ3n) is 1.80. The van der Waals surface area contributed by atoms with Crippen molar-refractivity contribution < 1.29 is 14.3 Å². The number of halogens is 1. The molecule has 0 N–H and O–H groups in total. The molecule has 3 nitrogen and oxygen atoms in total. The number of carbonyl (C=O) groups excluding carboxylic acids is 2. The molecular weight excluding hydrogens is 228 g/mol. The Balaban J connectivity index is 3.92. The third-order valence-corrected chi connectivity index (χ3v) is 1.99. The molecule has 0 aliphatic heterocycles. The van der Waals surface area contributed by atoms with E-state index in [0.717, 1.165) is 12.8 Å². The Kier molecular flexibility index (Phi) is 8.65. The molecule has 1 atom stereocenters. The van der Waals surface area contributed by atoms with Gasteiger partial charge in [0, 0.05) is 19.8 Å². The second-order valence-electron chi connectivity index (χ2n) is 3.42. The van der Waals surface area contributed by atoms with Gasteiger partial charge in [-0.2, -0.15) is 0 Å². The monoisotopic (exact) mass is 244 g/mol. The molecule has 90 valence electrons. The first kappa shape index (κ1) is 15.0. The summed E-state index contributed by atoms with van der Waals surface area (Å²) < 4.78 is 5.01. The van der Waals surface area contributed by atoms with Crippen LogP contribution in [0.25, 0.3) is 0 Å². The largest absolute Gasteiger partial charge is 0.449 e. The molecule has 0 fully saturated rings. The molecule has 1 unspecified atom stereocenters. The summed E-state index contributed by atoms with van der Waals surface area (Å²) in [6.07, 6.45) is 2.90. The molecule has 0 aliphatic carbocycles. The summed E-state index contributed by atoms with van der Waals surface area (Å²) in [6.45, 7) is 3.38. The molecule has 16 heavy (non-hydrogen) atoms. The van der Waals surface area contributed by atoms with Crippen molar-refractivity contribution in [2.45, 2.75) is 52.1 Å². The molecule has 0 amide bonds. The minimum absolute atomic E-state index is 0.316. The van der Waals surface area contributed by atoms with Crippen LogP contribution in [-0.2, 0) is 14.3 Å². The Labute approximate surface area is 101 Å². The zero-order valence-electron chi connectivity index (χ0n) is 9.72. The lowest BCUT2D eigenvalue weighted by Crippen LogP contribution is -2.13. The second-order valence-corrected chi connectivity index (χ2v) is 3.84. The van der Waals surface area contributed by atoms with Gasteiger partial charge in [-0.3, -0.25) is 9.59 Å². The molecule has 0 rings (SSSR count). The molecule has 0 aromatic heterocycles. The van der Waals surface area contributed by atoms with Crippen molar-refractivity contribution in [2.24, 2.45) is 0 Å². The first-order valence-electron chi connectivity index (χ1n) is 5.40. The molecular formula is C12H17ClO3. The number of esters is 1. The van der Waals surface area contributed by atoms with Gasteiger partial charge in [0.05, 0.1) is 0 Å². The fraction of sp³-hybridized carbons (Fsp3) is 0.667. The SMILES string of the molecule is CCCC(C#CCCCC(=O)Cl)OC(C)=O. The number of unbranched alkanes of at least 4 members (excludes halogenated alkanes) is 1. The maximum Gasteiger partial charge on any atom is 0.303 e. The summed E-state index contributed by atoms with van der Waals surface area (Å²) in [5.41, 5.74) is 0. The first-order chi connectivity index (χ1) is 7.56. The molecule has 0 spiro atoms. The summed E-state index contributed by atoms with van der Waals surface area (Å²) in [7, 11) is 0. The number of carbonyl (C=O) groups is 2. The number of ether oxygens (including phenoxy) is 1. The lowest BCUT2D eigenvalue weighted by molar-refractivity contribution is -0.143. The van der Waals surface area contributed by atoms with Crippen molar-refractivity contribution in [3.8, 4) is 11.8 Å². The Morgan fingerprint density at radius 1 is 1.44 bits per heavy atom. The topological polar surface area (TPSA) is 43.4 Å². The lowest BCUT2D eigenvalue weighted by Gasteiger charge is -2.08. The number of hydrogen-bond donors (Lipinski definition) is 0. The summed E-state index contributed by atoms with van der Waals surface area (Å²) in [5, 5.41) is -0.341. The van der Waals surface area contributed by atoms with Crippen molar-refractivity contribution in [3.05, 3.63) is 0 Å². The average molecular weight is 245 g/mol. The van der Waals surface area contributed by atoms with Gasteiger partial charge in [-0.15, -0.1) is 0 Å². The molecule has 4 heteroatoms. The summed E-state index contributed by atoms with van der Waals surface area (Å²) in [4.78, 5) is 21.2. The van der Waals surface area contributed by atoms with E-state index in [9.17, 15) is 9.59 Å². The Bertz CT molecular complexity index is 288. The smallest absolute Gasteiger partial charge is 0.303 e. The van der Waals surface area contributed by atoms with Crippen LogP contribution in [0.15, 0.2) is 0 Å². The van der Waals surface area contributed by atoms with Crippen LogP contribution < -0.4 is 0 Å². The zero-order chi connectivity index (χ0) is 12.4. The Hall–Kier alpha value is -1.01. The number of hydrogen-bond acceptors (Lipinski definition) is 3. The van der Waals surface area contributed by atoms with Crippen molar-refractivity contribution in [2.75, 3.05) is 0 Å². The average Bonchev–Trinajstić information content (AvgIpc) is 2.16. The minimum atomic E-state index is -0.341. The number of rotatable bonds is 6. The highest BCUT2D eigenvalue weighted by Crippen LogP contribution is 2.02. The van der Waals surface area contributed by atoms with E-state index < -0.39 is 0 Å². The van der Waals surface area contributed by atoms with Crippen LogP contribution in [0.3, 0.4) is 0 Å². The molecule has 0 aromatic carbocycles. The fourth-order valence-corrected chi connectivity index (χ4v) is 1.26. The van der Waals surface area contributed by atoms with Gasteiger partial charge < -0.3 is 4.74 Å². The molecule has 0 saturated heterocycles. The Morgan fingerprint density at radius 2 is 2.12 bits per heavy atom. The zero-order valence-corrected chi connectivity index (χ0v) is 10.5. The van der Waals surface area contributed by atoms with Crippen molar-refractivity contribution >= 4 is 22.8 Å². The molecule has 0 saturated carbocycles. The van der Waals surface area contributed by atoms with Crippen LogP contribution in [0.4, 0.5) is 0 Å². The fourth-order valence-electron chi connectivity index (χ4n) is 1.12. The Morgan fingerprint density at radius 3 is 2.62 bits per heavy atom. The maximum atomic E-state index is 10.8. The van der Waals surface area contributed by atoms with Gasteiger partial charge in [-0.05, 0) is 24.4 Å². The van der Waals surface area contributed by atoms with Crippen LogP contribution in [0.1, 0.15) is 46.0 Å². The van der Waals surface area contributed by atoms with E-state index in [1.165, 1.54) is 6.92 Å². The lowest BCUT2D eigenvalue weighted by atomic mass is 10.2. The van der Waals surface area contributed by atoms with Crippen LogP contribution in [-0.4, -0.2) is 17.3 Å². The summed E-state index contributed by atoms with van der Waals surface area (Å²) >= 11 is 5.18. The molecule has 0 radical (unpaired) electrons.